The number of halogens is 1. The lowest BCUT2D eigenvalue weighted by atomic mass is 9.95. The fraction of sp³-hybridized carbons (Fsp3) is 0.136. The second kappa shape index (κ2) is 10.5. The van der Waals surface area contributed by atoms with Crippen LogP contribution in [0.25, 0.3) is 5.70 Å². The van der Waals surface area contributed by atoms with Gasteiger partial charge in [-0.05, 0) is 53.9 Å². The topological polar surface area (TPSA) is 138 Å². The molecule has 7 nitrogen and oxygen atoms in total. The molecule has 0 radical (unpaired) electrons. The molecule has 32 heavy (non-hydrogen) atoms. The minimum atomic E-state index is -1.58. The maximum absolute atomic E-state index is 13.4. The highest BCUT2D eigenvalue weighted by molar-refractivity contribution is 7.89. The molecule has 5 N–H and O–H groups in total. The average Bonchev–Trinajstić information content (AvgIpc) is 3.25. The molecule has 10 heteroatoms. The number of hydrogen-bond acceptors (Lipinski definition) is 7. The van der Waals surface area contributed by atoms with Crippen molar-refractivity contribution in [3.63, 3.8) is 0 Å². The van der Waals surface area contributed by atoms with Crippen molar-refractivity contribution >= 4 is 45.2 Å². The Labute approximate surface area is 191 Å². The van der Waals surface area contributed by atoms with E-state index in [1.54, 1.807) is 36.4 Å². The number of nitrogens with two attached hydrogens (primary N) is 2. The second-order valence-corrected chi connectivity index (χ2v) is 8.65. The van der Waals surface area contributed by atoms with Crippen LogP contribution in [0.5, 0.6) is 0 Å². The Balaban J connectivity index is 2.07. The Kier molecular flexibility index (Phi) is 7.75. The standard InChI is InChI=1S/C22H21FN4O3S2/c1-2-18(26-22-27-19(12-31-22)21(28)29)17(20(24)14-5-7-15(23)8-6-14)11-13-3-9-16(10-4-13)32(25)30/h3-10,12H,2,11,24-25H2,1H3,(H,28,29). The molecule has 0 aliphatic carbocycles. The van der Waals surface area contributed by atoms with E-state index in [4.69, 9.17) is 16.0 Å². The van der Waals surface area contributed by atoms with Crippen molar-refractivity contribution in [3.8, 4) is 0 Å². The second-order valence-electron chi connectivity index (χ2n) is 6.75. The van der Waals surface area contributed by atoms with E-state index in [1.165, 1.54) is 17.5 Å². The SMILES string of the molecule is CCC(=Nc1nc(C(=O)O)cs1)C(Cc1ccc([S+](N)[O-])cc1)=C(N)c1ccc(F)cc1. The van der Waals surface area contributed by atoms with Crippen LogP contribution in [-0.2, 0) is 17.8 Å². The van der Waals surface area contributed by atoms with E-state index in [-0.39, 0.29) is 11.5 Å². The Morgan fingerprint density at radius 1 is 1.22 bits per heavy atom. The molecule has 0 aliphatic heterocycles. The largest absolute Gasteiger partial charge is 0.593 e. The monoisotopic (exact) mass is 472 g/mol. The molecule has 1 heterocycles. The van der Waals surface area contributed by atoms with Crippen molar-refractivity contribution in [2.75, 3.05) is 0 Å². The van der Waals surface area contributed by atoms with Crippen LogP contribution in [0, 0.1) is 5.82 Å². The van der Waals surface area contributed by atoms with E-state index in [0.29, 0.717) is 45.4 Å². The summed E-state index contributed by atoms with van der Waals surface area (Å²) in [5, 5.41) is 16.3. The highest BCUT2D eigenvalue weighted by Gasteiger charge is 2.16. The Bertz CT molecular complexity index is 1160. The van der Waals surface area contributed by atoms with E-state index in [0.717, 1.165) is 16.9 Å². The fourth-order valence-electron chi connectivity index (χ4n) is 2.99. The van der Waals surface area contributed by atoms with E-state index in [1.807, 2.05) is 6.92 Å². The van der Waals surface area contributed by atoms with Crippen molar-refractivity contribution in [1.29, 1.82) is 0 Å². The minimum Gasteiger partial charge on any atom is -0.593 e. The van der Waals surface area contributed by atoms with Gasteiger partial charge in [-0.25, -0.2) is 19.2 Å². The Hall–Kier alpha value is -3.05. The van der Waals surface area contributed by atoms with E-state index in [9.17, 15) is 13.7 Å². The zero-order valence-electron chi connectivity index (χ0n) is 17.1. The van der Waals surface area contributed by atoms with Gasteiger partial charge >= 0.3 is 5.97 Å². The molecule has 0 saturated carbocycles. The zero-order chi connectivity index (χ0) is 23.3. The first-order valence-electron chi connectivity index (χ1n) is 9.55. The highest BCUT2D eigenvalue weighted by atomic mass is 32.2. The first-order valence-corrected chi connectivity index (χ1v) is 11.6. The van der Waals surface area contributed by atoms with E-state index in [2.05, 4.69) is 9.98 Å². The number of rotatable bonds is 8. The summed E-state index contributed by atoms with van der Waals surface area (Å²) >= 11 is -0.460. The van der Waals surface area contributed by atoms with Gasteiger partial charge in [0.15, 0.2) is 10.6 Å². The molecule has 1 atom stereocenters. The zero-order valence-corrected chi connectivity index (χ0v) is 18.8. The van der Waals surface area contributed by atoms with Gasteiger partial charge in [0, 0.05) is 28.8 Å². The van der Waals surface area contributed by atoms with Gasteiger partial charge in [-0.3, -0.25) is 0 Å². The normalized spacial score (nSPS) is 13.6. The van der Waals surface area contributed by atoms with Crippen molar-refractivity contribution in [1.82, 2.24) is 4.98 Å². The molecule has 0 bridgehead atoms. The van der Waals surface area contributed by atoms with Gasteiger partial charge in [0.2, 0.25) is 5.13 Å². The summed E-state index contributed by atoms with van der Waals surface area (Å²) in [5.41, 5.74) is 9.68. The van der Waals surface area contributed by atoms with Crippen LogP contribution in [0.1, 0.15) is 35.0 Å². The molecule has 3 rings (SSSR count). The molecular weight excluding hydrogens is 451 g/mol. The first kappa shape index (κ1) is 23.6. The summed E-state index contributed by atoms with van der Waals surface area (Å²) in [4.78, 5) is 20.2. The van der Waals surface area contributed by atoms with Crippen molar-refractivity contribution in [2.45, 2.75) is 24.7 Å². The predicted octanol–water partition coefficient (Wildman–Crippen LogP) is 4.06. The van der Waals surface area contributed by atoms with Gasteiger partial charge in [-0.2, -0.15) is 0 Å². The van der Waals surface area contributed by atoms with Gasteiger partial charge < -0.3 is 15.4 Å². The molecule has 3 aromatic rings. The number of hydrogen-bond donors (Lipinski definition) is 3. The Morgan fingerprint density at radius 2 is 1.88 bits per heavy atom. The minimum absolute atomic E-state index is 0.0772. The van der Waals surface area contributed by atoms with Crippen LogP contribution in [0.4, 0.5) is 9.52 Å². The summed E-state index contributed by atoms with van der Waals surface area (Å²) in [5.74, 6) is -1.50. The highest BCUT2D eigenvalue weighted by Crippen LogP contribution is 2.26. The lowest BCUT2D eigenvalue weighted by Crippen LogP contribution is -2.14. The van der Waals surface area contributed by atoms with Crippen molar-refractivity contribution < 1.29 is 18.8 Å². The lowest BCUT2D eigenvalue weighted by Gasteiger charge is -2.15. The third-order valence-corrected chi connectivity index (χ3v) is 6.11. The fourth-order valence-corrected chi connectivity index (χ4v) is 4.08. The molecule has 1 aromatic heterocycles. The number of nitrogens with zero attached hydrogens (tertiary/aromatic N) is 2. The van der Waals surface area contributed by atoms with Crippen molar-refractivity contribution in [3.05, 3.63) is 82.1 Å². The van der Waals surface area contributed by atoms with Gasteiger partial charge in [0.05, 0.1) is 11.4 Å². The first-order chi connectivity index (χ1) is 15.3. The maximum atomic E-state index is 13.4. The van der Waals surface area contributed by atoms with Crippen molar-refractivity contribution in [2.24, 2.45) is 15.9 Å². The number of carboxylic acids is 1. The number of benzene rings is 2. The van der Waals surface area contributed by atoms with Crippen LogP contribution in [0.2, 0.25) is 0 Å². The third-order valence-electron chi connectivity index (χ3n) is 4.64. The van der Waals surface area contributed by atoms with Crippen LogP contribution < -0.4 is 10.9 Å². The van der Waals surface area contributed by atoms with E-state index < -0.39 is 17.3 Å². The smallest absolute Gasteiger partial charge is 0.355 e. The summed E-state index contributed by atoms with van der Waals surface area (Å²) in [6.45, 7) is 1.91. The molecule has 0 saturated heterocycles. The molecular formula is C22H21FN4O3S2. The third kappa shape index (κ3) is 5.80. The Morgan fingerprint density at radius 3 is 2.41 bits per heavy atom. The number of aliphatic imine (C=N–C) groups is 1. The average molecular weight is 473 g/mol. The number of carbonyl (C=O) groups is 1. The molecule has 0 aliphatic rings. The van der Waals surface area contributed by atoms with Crippen LogP contribution in [0.15, 0.2) is 69.4 Å². The molecule has 2 aromatic carbocycles. The molecule has 1 unspecified atom stereocenters. The number of allylic oxidation sites excluding steroid dienone is 1. The molecule has 0 spiro atoms. The summed E-state index contributed by atoms with van der Waals surface area (Å²) < 4.78 is 24.9. The van der Waals surface area contributed by atoms with Crippen LogP contribution in [0.3, 0.4) is 0 Å². The van der Waals surface area contributed by atoms with Gasteiger partial charge in [-0.1, -0.05) is 19.1 Å². The van der Waals surface area contributed by atoms with E-state index >= 15 is 0 Å². The predicted molar refractivity (Wildman–Crippen MR) is 125 cm³/mol. The van der Waals surface area contributed by atoms with Crippen LogP contribution >= 0.6 is 11.3 Å². The number of carboxylic acid groups (broad SMARTS) is 1. The summed E-state index contributed by atoms with van der Waals surface area (Å²) in [6, 6.07) is 12.8. The molecule has 0 amide bonds. The van der Waals surface area contributed by atoms with Crippen LogP contribution in [-0.4, -0.2) is 26.3 Å². The number of aromatic nitrogens is 1. The molecule has 166 valence electrons. The quantitative estimate of drug-likeness (QED) is 0.334. The summed E-state index contributed by atoms with van der Waals surface area (Å²) in [6.07, 6.45) is 0.897. The summed E-state index contributed by atoms with van der Waals surface area (Å²) in [7, 11) is 0. The lowest BCUT2D eigenvalue weighted by molar-refractivity contribution is 0.0691. The van der Waals surface area contributed by atoms with Gasteiger partial charge in [0.1, 0.15) is 5.82 Å². The maximum Gasteiger partial charge on any atom is 0.355 e. The molecule has 0 fully saturated rings. The van der Waals surface area contributed by atoms with Gasteiger partial charge in [0.25, 0.3) is 0 Å². The number of thiazole rings is 1. The number of aromatic carboxylic acids is 1. The van der Waals surface area contributed by atoms with Gasteiger partial charge in [-0.15, -0.1) is 16.5 Å².